The van der Waals surface area contributed by atoms with Crippen LogP contribution in [0.5, 0.6) is 5.75 Å². The molecule has 0 bridgehead atoms. The van der Waals surface area contributed by atoms with Crippen molar-refractivity contribution < 1.29 is 9.53 Å². The Morgan fingerprint density at radius 2 is 1.78 bits per heavy atom. The quantitative estimate of drug-likeness (QED) is 0.388. The molecule has 2 aromatic rings. The standard InChI is InChI=1S/C19H22N2O2/c20-19(21)16-7-6-15-12-17(9-8-14(15)11-16)23-18(22)10-13-4-2-1-3-5-13/h6-9,11-13H,1-5,10H2,(H3,20,21). The van der Waals surface area contributed by atoms with Gasteiger partial charge in [0.05, 0.1) is 0 Å². The summed E-state index contributed by atoms with van der Waals surface area (Å²) in [6.07, 6.45) is 6.54. The van der Waals surface area contributed by atoms with Gasteiger partial charge in [0, 0.05) is 12.0 Å². The summed E-state index contributed by atoms with van der Waals surface area (Å²) in [6, 6.07) is 11.1. The summed E-state index contributed by atoms with van der Waals surface area (Å²) in [5, 5.41) is 9.42. The summed E-state index contributed by atoms with van der Waals surface area (Å²) < 4.78 is 5.50. The van der Waals surface area contributed by atoms with Crippen molar-refractivity contribution in [1.82, 2.24) is 0 Å². The van der Waals surface area contributed by atoms with E-state index in [4.69, 9.17) is 15.9 Å². The molecule has 1 aliphatic carbocycles. The molecular formula is C19H22N2O2. The maximum Gasteiger partial charge on any atom is 0.311 e. The maximum atomic E-state index is 12.1. The zero-order valence-electron chi connectivity index (χ0n) is 13.2. The minimum atomic E-state index is -0.142. The average molecular weight is 310 g/mol. The monoisotopic (exact) mass is 310 g/mol. The molecule has 0 saturated heterocycles. The molecule has 4 heteroatoms. The number of nitrogen functional groups attached to an aromatic ring is 1. The highest BCUT2D eigenvalue weighted by Gasteiger charge is 2.18. The Kier molecular flexibility index (Phi) is 4.60. The lowest BCUT2D eigenvalue weighted by atomic mass is 9.87. The largest absolute Gasteiger partial charge is 0.426 e. The van der Waals surface area contributed by atoms with Crippen LogP contribution in [0, 0.1) is 11.3 Å². The highest BCUT2D eigenvalue weighted by molar-refractivity contribution is 5.99. The van der Waals surface area contributed by atoms with Crippen LogP contribution in [0.15, 0.2) is 36.4 Å². The number of hydrogen-bond donors (Lipinski definition) is 2. The van der Waals surface area contributed by atoms with Gasteiger partial charge in [-0.1, -0.05) is 37.5 Å². The van der Waals surface area contributed by atoms with Crippen LogP contribution in [-0.2, 0) is 4.79 Å². The highest BCUT2D eigenvalue weighted by Crippen LogP contribution is 2.27. The molecule has 23 heavy (non-hydrogen) atoms. The van der Waals surface area contributed by atoms with Crippen LogP contribution in [0.4, 0.5) is 0 Å². The molecule has 3 rings (SSSR count). The number of nitrogens with one attached hydrogen (secondary N) is 1. The average Bonchev–Trinajstić information content (AvgIpc) is 2.55. The minimum absolute atomic E-state index is 0.0508. The van der Waals surface area contributed by atoms with E-state index in [1.807, 2.05) is 24.3 Å². The number of carbonyl (C=O) groups is 1. The Bertz CT molecular complexity index is 733. The van der Waals surface area contributed by atoms with Crippen LogP contribution in [0.25, 0.3) is 10.8 Å². The lowest BCUT2D eigenvalue weighted by molar-refractivity contribution is -0.135. The van der Waals surface area contributed by atoms with Gasteiger partial charge in [-0.25, -0.2) is 0 Å². The van der Waals surface area contributed by atoms with E-state index < -0.39 is 0 Å². The maximum absolute atomic E-state index is 12.1. The fourth-order valence-electron chi connectivity index (χ4n) is 3.25. The van der Waals surface area contributed by atoms with E-state index in [0.717, 1.165) is 23.6 Å². The van der Waals surface area contributed by atoms with Gasteiger partial charge in [0.1, 0.15) is 11.6 Å². The van der Waals surface area contributed by atoms with E-state index in [1.54, 1.807) is 12.1 Å². The van der Waals surface area contributed by atoms with Crippen molar-refractivity contribution in [1.29, 1.82) is 5.41 Å². The smallest absolute Gasteiger partial charge is 0.311 e. The lowest BCUT2D eigenvalue weighted by Gasteiger charge is -2.20. The molecule has 0 heterocycles. The second kappa shape index (κ2) is 6.82. The summed E-state index contributed by atoms with van der Waals surface area (Å²) in [4.78, 5) is 12.1. The third-order valence-electron chi connectivity index (χ3n) is 4.53. The molecule has 3 N–H and O–H groups in total. The van der Waals surface area contributed by atoms with E-state index in [0.29, 0.717) is 23.7 Å². The Balaban J connectivity index is 1.69. The Morgan fingerprint density at radius 3 is 2.52 bits per heavy atom. The fraction of sp³-hybridized carbons (Fsp3) is 0.368. The van der Waals surface area contributed by atoms with Gasteiger partial charge in [-0.3, -0.25) is 10.2 Å². The molecule has 0 amide bonds. The number of rotatable bonds is 4. The van der Waals surface area contributed by atoms with Gasteiger partial charge in [0.15, 0.2) is 0 Å². The molecule has 1 aliphatic rings. The van der Waals surface area contributed by atoms with Crippen molar-refractivity contribution in [2.24, 2.45) is 11.7 Å². The summed E-state index contributed by atoms with van der Waals surface area (Å²) in [6.45, 7) is 0. The molecule has 0 unspecified atom stereocenters. The van der Waals surface area contributed by atoms with Crippen molar-refractivity contribution in [3.05, 3.63) is 42.0 Å². The number of amidine groups is 1. The number of hydrogen-bond acceptors (Lipinski definition) is 3. The van der Waals surface area contributed by atoms with Crippen molar-refractivity contribution in [2.75, 3.05) is 0 Å². The van der Waals surface area contributed by atoms with E-state index >= 15 is 0 Å². The molecule has 120 valence electrons. The van der Waals surface area contributed by atoms with Crippen LogP contribution < -0.4 is 10.5 Å². The Hall–Kier alpha value is -2.36. The van der Waals surface area contributed by atoms with Crippen molar-refractivity contribution in [3.63, 3.8) is 0 Å². The van der Waals surface area contributed by atoms with Crippen LogP contribution in [0.2, 0.25) is 0 Å². The van der Waals surface area contributed by atoms with Gasteiger partial charge < -0.3 is 10.5 Å². The summed E-state index contributed by atoms with van der Waals surface area (Å²) >= 11 is 0. The Morgan fingerprint density at radius 1 is 1.09 bits per heavy atom. The van der Waals surface area contributed by atoms with E-state index in [-0.39, 0.29) is 11.8 Å². The zero-order chi connectivity index (χ0) is 16.2. The van der Waals surface area contributed by atoms with E-state index in [1.165, 1.54) is 19.3 Å². The molecule has 0 aromatic heterocycles. The van der Waals surface area contributed by atoms with E-state index in [2.05, 4.69) is 0 Å². The van der Waals surface area contributed by atoms with Gasteiger partial charge in [-0.2, -0.15) is 0 Å². The predicted octanol–water partition coefficient (Wildman–Crippen LogP) is 4.00. The number of benzene rings is 2. The number of esters is 1. The summed E-state index contributed by atoms with van der Waals surface area (Å²) in [5.74, 6) is 0.968. The normalized spacial score (nSPS) is 15.5. The summed E-state index contributed by atoms with van der Waals surface area (Å²) in [5.41, 5.74) is 6.20. The second-order valence-electron chi connectivity index (χ2n) is 6.32. The zero-order valence-corrected chi connectivity index (χ0v) is 13.2. The second-order valence-corrected chi connectivity index (χ2v) is 6.32. The number of fused-ring (bicyclic) bond motifs is 1. The van der Waals surface area contributed by atoms with Crippen LogP contribution in [0.1, 0.15) is 44.1 Å². The number of ether oxygens (including phenoxy) is 1. The predicted molar refractivity (Wildman–Crippen MR) is 91.8 cm³/mol. The lowest BCUT2D eigenvalue weighted by Crippen LogP contribution is -2.16. The van der Waals surface area contributed by atoms with Gasteiger partial charge >= 0.3 is 5.97 Å². The SMILES string of the molecule is N=C(N)c1ccc2cc(OC(=O)CC3CCCCC3)ccc2c1. The molecular weight excluding hydrogens is 288 g/mol. The molecule has 1 saturated carbocycles. The Labute approximate surface area is 136 Å². The van der Waals surface area contributed by atoms with Crippen LogP contribution in [-0.4, -0.2) is 11.8 Å². The first-order valence-electron chi connectivity index (χ1n) is 8.21. The van der Waals surface area contributed by atoms with Crippen molar-refractivity contribution in [3.8, 4) is 5.75 Å². The van der Waals surface area contributed by atoms with Crippen LogP contribution >= 0.6 is 0 Å². The molecule has 0 aliphatic heterocycles. The van der Waals surface area contributed by atoms with Gasteiger partial charge in [0.25, 0.3) is 0 Å². The molecule has 0 atom stereocenters. The third-order valence-corrected chi connectivity index (χ3v) is 4.53. The topological polar surface area (TPSA) is 76.2 Å². The number of nitrogens with two attached hydrogens (primary N) is 1. The van der Waals surface area contributed by atoms with Crippen LogP contribution in [0.3, 0.4) is 0 Å². The first kappa shape index (κ1) is 15.5. The summed E-state index contributed by atoms with van der Waals surface area (Å²) in [7, 11) is 0. The van der Waals surface area contributed by atoms with Gasteiger partial charge in [-0.05, 0) is 47.7 Å². The first-order chi connectivity index (χ1) is 11.1. The van der Waals surface area contributed by atoms with Crippen molar-refractivity contribution in [2.45, 2.75) is 38.5 Å². The van der Waals surface area contributed by atoms with Crippen molar-refractivity contribution >= 4 is 22.6 Å². The van der Waals surface area contributed by atoms with Gasteiger partial charge in [0.2, 0.25) is 0 Å². The molecule has 2 aromatic carbocycles. The fourth-order valence-corrected chi connectivity index (χ4v) is 3.25. The highest BCUT2D eigenvalue weighted by atomic mass is 16.5. The molecule has 1 fully saturated rings. The van der Waals surface area contributed by atoms with Gasteiger partial charge in [-0.15, -0.1) is 0 Å². The first-order valence-corrected chi connectivity index (χ1v) is 8.21. The molecule has 0 radical (unpaired) electrons. The molecule has 0 spiro atoms. The number of carbonyl (C=O) groups excluding carboxylic acids is 1. The molecule has 4 nitrogen and oxygen atoms in total. The van der Waals surface area contributed by atoms with E-state index in [9.17, 15) is 4.79 Å². The minimum Gasteiger partial charge on any atom is -0.426 e. The third kappa shape index (κ3) is 3.89.